The smallest absolute Gasteiger partial charge is 0.336 e. The fraction of sp³-hybridized carbons (Fsp3) is 0.136. The molecule has 0 aromatic heterocycles. The molecule has 2 rings (SSSR count). The molecule has 0 unspecified atom stereocenters. The zero-order chi connectivity index (χ0) is 21.2. The monoisotopic (exact) mass is 452 g/mol. The molecule has 2 aromatic rings. The molecule has 0 amide bonds. The number of hydrogen-bond donors (Lipinski definition) is 0. The number of benzene rings is 2. The van der Waals surface area contributed by atoms with Crippen LogP contribution < -0.4 is 14.2 Å². The highest BCUT2D eigenvalue weighted by Gasteiger charge is 2.10. The third-order valence-corrected chi connectivity index (χ3v) is 4.19. The van der Waals surface area contributed by atoms with Crippen molar-refractivity contribution in [2.24, 2.45) is 0 Å². The highest BCUT2D eigenvalue weighted by atomic mass is 79.9. The van der Waals surface area contributed by atoms with Gasteiger partial charge in [0.15, 0.2) is 11.5 Å². The lowest BCUT2D eigenvalue weighted by Gasteiger charge is -2.12. The standard InChI is InChI=1S/C22H17BrN2O4/c1-3-28-22-19(23)11-16(12-20(22)27-2)6-9-21(26)29-18-7-4-15(5-8-18)10-17(13-24)14-25/h4-12H,3H2,1-2H3/b9-6+. The lowest BCUT2D eigenvalue weighted by atomic mass is 10.1. The summed E-state index contributed by atoms with van der Waals surface area (Å²) in [6, 6.07) is 13.6. The van der Waals surface area contributed by atoms with Gasteiger partial charge in [0.05, 0.1) is 18.2 Å². The number of halogens is 1. The van der Waals surface area contributed by atoms with Crippen molar-refractivity contribution in [2.75, 3.05) is 13.7 Å². The molecule has 0 heterocycles. The van der Waals surface area contributed by atoms with Crippen molar-refractivity contribution >= 4 is 34.1 Å². The second kappa shape index (κ2) is 10.7. The van der Waals surface area contributed by atoms with E-state index in [0.717, 1.165) is 5.56 Å². The van der Waals surface area contributed by atoms with E-state index >= 15 is 0 Å². The van der Waals surface area contributed by atoms with Gasteiger partial charge < -0.3 is 14.2 Å². The molecule has 0 saturated carbocycles. The molecular formula is C22H17BrN2O4. The summed E-state index contributed by atoms with van der Waals surface area (Å²) >= 11 is 3.43. The van der Waals surface area contributed by atoms with Crippen LogP contribution in [-0.4, -0.2) is 19.7 Å². The maximum atomic E-state index is 12.1. The van der Waals surface area contributed by atoms with Crippen LogP contribution in [0.3, 0.4) is 0 Å². The fourth-order valence-electron chi connectivity index (χ4n) is 2.32. The van der Waals surface area contributed by atoms with Crippen LogP contribution in [0.15, 0.2) is 52.5 Å². The summed E-state index contributed by atoms with van der Waals surface area (Å²) < 4.78 is 16.8. The van der Waals surface area contributed by atoms with Gasteiger partial charge in [0.2, 0.25) is 0 Å². The number of carbonyl (C=O) groups is 1. The van der Waals surface area contributed by atoms with Gasteiger partial charge in [-0.1, -0.05) is 12.1 Å². The second-order valence-electron chi connectivity index (χ2n) is 5.57. The van der Waals surface area contributed by atoms with Crippen LogP contribution >= 0.6 is 15.9 Å². The Balaban J connectivity index is 2.08. The lowest BCUT2D eigenvalue weighted by molar-refractivity contribution is -0.128. The van der Waals surface area contributed by atoms with Crippen molar-refractivity contribution in [1.82, 2.24) is 0 Å². The van der Waals surface area contributed by atoms with Gasteiger partial charge in [-0.2, -0.15) is 10.5 Å². The van der Waals surface area contributed by atoms with E-state index in [-0.39, 0.29) is 5.57 Å². The average molecular weight is 453 g/mol. The van der Waals surface area contributed by atoms with E-state index in [1.165, 1.54) is 12.2 Å². The summed E-state index contributed by atoms with van der Waals surface area (Å²) in [5.41, 5.74) is 1.38. The van der Waals surface area contributed by atoms with Gasteiger partial charge >= 0.3 is 5.97 Å². The summed E-state index contributed by atoms with van der Waals surface area (Å²) in [6.07, 6.45) is 4.36. The highest BCUT2D eigenvalue weighted by molar-refractivity contribution is 9.10. The third kappa shape index (κ3) is 6.24. The first-order chi connectivity index (χ1) is 14.0. The minimum absolute atomic E-state index is 0.00498. The third-order valence-electron chi connectivity index (χ3n) is 3.60. The zero-order valence-electron chi connectivity index (χ0n) is 15.8. The van der Waals surface area contributed by atoms with E-state index in [0.29, 0.717) is 33.9 Å². The van der Waals surface area contributed by atoms with Crippen molar-refractivity contribution in [3.63, 3.8) is 0 Å². The number of hydrogen-bond acceptors (Lipinski definition) is 6. The molecule has 6 nitrogen and oxygen atoms in total. The molecule has 0 N–H and O–H groups in total. The van der Waals surface area contributed by atoms with E-state index in [1.54, 1.807) is 61.7 Å². The summed E-state index contributed by atoms with van der Waals surface area (Å²) in [5, 5.41) is 17.5. The van der Waals surface area contributed by atoms with Gasteiger partial charge in [-0.3, -0.25) is 0 Å². The first-order valence-electron chi connectivity index (χ1n) is 8.52. The van der Waals surface area contributed by atoms with Crippen LogP contribution in [0.2, 0.25) is 0 Å². The number of methoxy groups -OCH3 is 1. The largest absolute Gasteiger partial charge is 0.493 e. The summed E-state index contributed by atoms with van der Waals surface area (Å²) in [5.74, 6) is 0.941. The second-order valence-corrected chi connectivity index (χ2v) is 6.43. The van der Waals surface area contributed by atoms with E-state index in [1.807, 2.05) is 6.92 Å². The normalized spacial score (nSPS) is 9.97. The van der Waals surface area contributed by atoms with Crippen molar-refractivity contribution in [2.45, 2.75) is 6.92 Å². The van der Waals surface area contributed by atoms with Crippen molar-refractivity contribution in [3.05, 3.63) is 63.6 Å². The average Bonchev–Trinajstić information content (AvgIpc) is 2.73. The number of esters is 1. The Labute approximate surface area is 177 Å². The Morgan fingerprint density at radius 2 is 1.83 bits per heavy atom. The van der Waals surface area contributed by atoms with Crippen LogP contribution in [-0.2, 0) is 4.79 Å². The van der Waals surface area contributed by atoms with E-state index < -0.39 is 5.97 Å². The van der Waals surface area contributed by atoms with Gasteiger partial charge in [0.1, 0.15) is 23.5 Å². The summed E-state index contributed by atoms with van der Waals surface area (Å²) in [6.45, 7) is 2.38. The Morgan fingerprint density at radius 3 is 2.41 bits per heavy atom. The van der Waals surface area contributed by atoms with Gasteiger partial charge in [-0.15, -0.1) is 0 Å². The quantitative estimate of drug-likeness (QED) is 0.256. The predicted molar refractivity (Wildman–Crippen MR) is 112 cm³/mol. The maximum Gasteiger partial charge on any atom is 0.336 e. The van der Waals surface area contributed by atoms with Crippen LogP contribution in [0.25, 0.3) is 12.2 Å². The van der Waals surface area contributed by atoms with Crippen LogP contribution in [0.4, 0.5) is 0 Å². The SMILES string of the molecule is CCOc1c(Br)cc(/C=C/C(=O)Oc2ccc(C=C(C#N)C#N)cc2)cc1OC. The topological polar surface area (TPSA) is 92.3 Å². The molecule has 0 aliphatic heterocycles. The van der Waals surface area contributed by atoms with Gasteiger partial charge in [-0.25, -0.2) is 4.79 Å². The Kier molecular flexibility index (Phi) is 8.02. The highest BCUT2D eigenvalue weighted by Crippen LogP contribution is 2.37. The van der Waals surface area contributed by atoms with Crippen LogP contribution in [0, 0.1) is 22.7 Å². The molecule has 0 bridgehead atoms. The lowest BCUT2D eigenvalue weighted by Crippen LogP contribution is -2.03. The molecule has 0 aliphatic carbocycles. The van der Waals surface area contributed by atoms with E-state index in [9.17, 15) is 4.79 Å². The number of rotatable bonds is 7. The maximum absolute atomic E-state index is 12.1. The zero-order valence-corrected chi connectivity index (χ0v) is 17.4. The van der Waals surface area contributed by atoms with E-state index in [4.69, 9.17) is 24.7 Å². The van der Waals surface area contributed by atoms with Crippen molar-refractivity contribution in [1.29, 1.82) is 10.5 Å². The molecule has 0 fully saturated rings. The summed E-state index contributed by atoms with van der Waals surface area (Å²) in [4.78, 5) is 12.1. The molecule has 0 radical (unpaired) electrons. The number of nitrogens with zero attached hydrogens (tertiary/aromatic N) is 2. The van der Waals surface area contributed by atoms with Crippen molar-refractivity contribution < 1.29 is 19.0 Å². The van der Waals surface area contributed by atoms with Gasteiger partial charge in [0, 0.05) is 6.08 Å². The van der Waals surface area contributed by atoms with Gasteiger partial charge in [-0.05, 0) is 70.4 Å². The molecule has 0 aliphatic rings. The Hall–Kier alpha value is -3.55. The molecular weight excluding hydrogens is 436 g/mol. The number of allylic oxidation sites excluding steroid dienone is 1. The molecule has 2 aromatic carbocycles. The summed E-state index contributed by atoms with van der Waals surface area (Å²) in [7, 11) is 1.54. The van der Waals surface area contributed by atoms with Crippen LogP contribution in [0.1, 0.15) is 18.1 Å². The van der Waals surface area contributed by atoms with Gasteiger partial charge in [0.25, 0.3) is 0 Å². The molecule has 0 atom stereocenters. The van der Waals surface area contributed by atoms with Crippen molar-refractivity contribution in [3.8, 4) is 29.4 Å². The molecule has 7 heteroatoms. The molecule has 146 valence electrons. The number of carbonyl (C=O) groups excluding carboxylic acids is 1. The minimum Gasteiger partial charge on any atom is -0.493 e. The minimum atomic E-state index is -0.549. The Morgan fingerprint density at radius 1 is 1.14 bits per heavy atom. The Bertz CT molecular complexity index is 1010. The number of ether oxygens (including phenoxy) is 3. The first kappa shape index (κ1) is 21.7. The molecule has 0 saturated heterocycles. The first-order valence-corrected chi connectivity index (χ1v) is 9.32. The number of nitriles is 2. The predicted octanol–water partition coefficient (Wildman–Crippen LogP) is 4.91. The van der Waals surface area contributed by atoms with E-state index in [2.05, 4.69) is 15.9 Å². The fourth-order valence-corrected chi connectivity index (χ4v) is 2.90. The van der Waals surface area contributed by atoms with Crippen LogP contribution in [0.5, 0.6) is 17.2 Å². The molecule has 0 spiro atoms. The molecule has 29 heavy (non-hydrogen) atoms.